The largest absolute Gasteiger partial charge is 0.513 e. The first-order chi connectivity index (χ1) is 13.1. The van der Waals surface area contributed by atoms with Gasteiger partial charge in [0, 0.05) is 10.8 Å². The zero-order valence-corrected chi connectivity index (χ0v) is 16.5. The van der Waals surface area contributed by atoms with Gasteiger partial charge in [0.2, 0.25) is 0 Å². The smallest absolute Gasteiger partial charge is 0.434 e. The summed E-state index contributed by atoms with van der Waals surface area (Å²) in [6.45, 7) is 6.76. The summed E-state index contributed by atoms with van der Waals surface area (Å²) >= 11 is 0. The molecular formula is C24H28O3. The number of fused-ring (bicyclic) bond motifs is 2. The fourth-order valence-electron chi connectivity index (χ4n) is 3.44. The maximum Gasteiger partial charge on any atom is 0.513 e. The molecule has 0 saturated carbocycles. The molecular weight excluding hydrogens is 336 g/mol. The van der Waals surface area contributed by atoms with E-state index in [1.54, 1.807) is 0 Å². The topological polar surface area (TPSA) is 35.5 Å². The molecule has 0 amide bonds. The Labute approximate surface area is 161 Å². The van der Waals surface area contributed by atoms with Gasteiger partial charge >= 0.3 is 6.16 Å². The highest BCUT2D eigenvalue weighted by Gasteiger charge is 2.16. The maximum absolute atomic E-state index is 12.4. The summed E-state index contributed by atoms with van der Waals surface area (Å²) in [5.74, 6) is 0.974. The summed E-state index contributed by atoms with van der Waals surface area (Å²) in [6, 6.07) is 16.3. The number of hydrogen-bond donors (Lipinski definition) is 0. The maximum atomic E-state index is 12.4. The van der Waals surface area contributed by atoms with E-state index in [1.165, 1.54) is 0 Å². The first kappa shape index (κ1) is 19.2. The van der Waals surface area contributed by atoms with Crippen LogP contribution in [0.2, 0.25) is 0 Å². The highest BCUT2D eigenvalue weighted by Crippen LogP contribution is 2.35. The molecule has 3 aromatic carbocycles. The Morgan fingerprint density at radius 2 is 1.78 bits per heavy atom. The third-order valence-electron chi connectivity index (χ3n) is 5.14. The van der Waals surface area contributed by atoms with E-state index in [4.69, 9.17) is 9.47 Å². The summed E-state index contributed by atoms with van der Waals surface area (Å²) in [6.07, 6.45) is 3.77. The lowest BCUT2D eigenvalue weighted by Crippen LogP contribution is -2.17. The molecule has 3 heteroatoms. The third-order valence-corrected chi connectivity index (χ3v) is 5.14. The average molecular weight is 364 g/mol. The van der Waals surface area contributed by atoms with Crippen LogP contribution in [0.15, 0.2) is 48.5 Å². The Balaban J connectivity index is 1.86. The summed E-state index contributed by atoms with van der Waals surface area (Å²) < 4.78 is 11.2. The molecule has 142 valence electrons. The molecule has 0 spiro atoms. The van der Waals surface area contributed by atoms with Gasteiger partial charge in [0.05, 0.1) is 6.61 Å². The number of benzene rings is 3. The lowest BCUT2D eigenvalue weighted by atomic mass is 10.0. The van der Waals surface area contributed by atoms with E-state index in [0.29, 0.717) is 18.3 Å². The summed E-state index contributed by atoms with van der Waals surface area (Å²) in [5.41, 5.74) is 1.13. The van der Waals surface area contributed by atoms with Crippen molar-refractivity contribution in [2.75, 3.05) is 6.61 Å². The molecule has 3 aromatic rings. The number of unbranched alkanes of at least 4 members (excludes halogenated alkanes) is 1. The molecule has 0 aliphatic heterocycles. The van der Waals surface area contributed by atoms with Crippen molar-refractivity contribution >= 4 is 27.7 Å². The predicted molar refractivity (Wildman–Crippen MR) is 111 cm³/mol. The van der Waals surface area contributed by atoms with E-state index in [9.17, 15) is 4.79 Å². The average Bonchev–Trinajstić information content (AvgIpc) is 2.68. The van der Waals surface area contributed by atoms with Gasteiger partial charge in [-0.1, -0.05) is 75.1 Å². The Bertz CT molecular complexity index is 929. The highest BCUT2D eigenvalue weighted by molar-refractivity contribution is 6.06. The van der Waals surface area contributed by atoms with Crippen molar-refractivity contribution in [2.24, 2.45) is 5.92 Å². The van der Waals surface area contributed by atoms with Crippen molar-refractivity contribution < 1.29 is 14.3 Å². The molecule has 27 heavy (non-hydrogen) atoms. The fraction of sp³-hybridized carbons (Fsp3) is 0.375. The predicted octanol–water partition coefficient (Wildman–Crippen LogP) is 7.03. The van der Waals surface area contributed by atoms with Crippen molar-refractivity contribution in [3.63, 3.8) is 0 Å². The third kappa shape index (κ3) is 4.60. The zero-order chi connectivity index (χ0) is 19.2. The Morgan fingerprint density at radius 3 is 2.56 bits per heavy atom. The van der Waals surface area contributed by atoms with Crippen LogP contribution in [0.1, 0.15) is 45.1 Å². The Morgan fingerprint density at radius 1 is 1.00 bits per heavy atom. The first-order valence-electron chi connectivity index (χ1n) is 9.89. The monoisotopic (exact) mass is 364 g/mol. The first-order valence-corrected chi connectivity index (χ1v) is 9.89. The van der Waals surface area contributed by atoms with Gasteiger partial charge in [-0.3, -0.25) is 0 Å². The van der Waals surface area contributed by atoms with E-state index in [2.05, 4.69) is 38.1 Å². The second-order valence-electron chi connectivity index (χ2n) is 7.23. The molecule has 0 radical (unpaired) electrons. The van der Waals surface area contributed by atoms with Gasteiger partial charge in [-0.15, -0.1) is 0 Å². The van der Waals surface area contributed by atoms with Gasteiger partial charge in [-0.25, -0.2) is 4.79 Å². The van der Waals surface area contributed by atoms with Crippen LogP contribution in [0.25, 0.3) is 21.5 Å². The van der Waals surface area contributed by atoms with Crippen LogP contribution >= 0.6 is 0 Å². The molecule has 0 aliphatic rings. The number of rotatable bonds is 7. The van der Waals surface area contributed by atoms with Crippen LogP contribution in [-0.4, -0.2) is 12.8 Å². The summed E-state index contributed by atoms with van der Waals surface area (Å²) in [4.78, 5) is 12.4. The zero-order valence-electron chi connectivity index (χ0n) is 16.5. The van der Waals surface area contributed by atoms with Gasteiger partial charge in [-0.05, 0) is 42.2 Å². The van der Waals surface area contributed by atoms with Gasteiger partial charge in [0.15, 0.2) is 0 Å². The second-order valence-corrected chi connectivity index (χ2v) is 7.23. The number of aryl methyl sites for hydroxylation is 1. The normalized spacial score (nSPS) is 12.3. The van der Waals surface area contributed by atoms with E-state index in [1.807, 2.05) is 31.2 Å². The van der Waals surface area contributed by atoms with Crippen LogP contribution < -0.4 is 4.74 Å². The molecule has 1 atom stereocenters. The van der Waals surface area contributed by atoms with Gasteiger partial charge < -0.3 is 9.47 Å². The molecule has 3 nitrogen and oxygen atoms in total. The molecule has 1 unspecified atom stereocenters. The number of ether oxygens (including phenoxy) is 2. The molecule has 3 rings (SSSR count). The van der Waals surface area contributed by atoms with E-state index in [-0.39, 0.29) is 0 Å². The summed E-state index contributed by atoms with van der Waals surface area (Å²) in [7, 11) is 0. The van der Waals surface area contributed by atoms with Crippen LogP contribution in [0.5, 0.6) is 5.75 Å². The van der Waals surface area contributed by atoms with Crippen LogP contribution in [-0.2, 0) is 4.74 Å². The Kier molecular flexibility index (Phi) is 6.33. The van der Waals surface area contributed by atoms with Crippen molar-refractivity contribution in [3.05, 3.63) is 54.1 Å². The van der Waals surface area contributed by atoms with E-state index in [0.717, 1.165) is 52.8 Å². The number of carbonyl (C=O) groups excluding carboxylic acids is 1. The minimum absolute atomic E-state index is 0.393. The lowest BCUT2D eigenvalue weighted by Gasteiger charge is -2.16. The molecule has 0 heterocycles. The molecule has 0 saturated heterocycles. The van der Waals surface area contributed by atoms with Gasteiger partial charge in [0.25, 0.3) is 0 Å². The molecule has 0 N–H and O–H groups in total. The number of carbonyl (C=O) groups is 1. The minimum Gasteiger partial charge on any atom is -0.434 e. The van der Waals surface area contributed by atoms with Crippen molar-refractivity contribution in [1.82, 2.24) is 0 Å². The van der Waals surface area contributed by atoms with Gasteiger partial charge in [0.1, 0.15) is 5.75 Å². The standard InChI is InChI=1S/C24H28O3/c1-4-6-9-18(5-2)16-26-24(25)27-23-21-11-8-7-10-19(21)15-20-13-12-17(3)14-22(20)23/h7-8,10-15,18H,4-6,9,16H2,1-3H3. The summed E-state index contributed by atoms with van der Waals surface area (Å²) in [5, 5.41) is 3.96. The SMILES string of the molecule is CCCCC(CC)COC(=O)Oc1c2ccccc2cc2ccc(C)cc12. The van der Waals surface area contributed by atoms with Crippen molar-refractivity contribution in [2.45, 2.75) is 46.5 Å². The number of hydrogen-bond acceptors (Lipinski definition) is 3. The van der Waals surface area contributed by atoms with E-state index >= 15 is 0 Å². The fourth-order valence-corrected chi connectivity index (χ4v) is 3.44. The van der Waals surface area contributed by atoms with Crippen LogP contribution in [0.3, 0.4) is 0 Å². The van der Waals surface area contributed by atoms with Crippen LogP contribution in [0.4, 0.5) is 4.79 Å². The van der Waals surface area contributed by atoms with Gasteiger partial charge in [-0.2, -0.15) is 0 Å². The molecule has 0 fully saturated rings. The molecule has 0 bridgehead atoms. The van der Waals surface area contributed by atoms with Crippen molar-refractivity contribution in [1.29, 1.82) is 0 Å². The highest BCUT2D eigenvalue weighted by atomic mass is 16.7. The molecule has 0 aliphatic carbocycles. The van der Waals surface area contributed by atoms with E-state index < -0.39 is 6.16 Å². The van der Waals surface area contributed by atoms with Crippen LogP contribution in [0, 0.1) is 12.8 Å². The minimum atomic E-state index is -0.621. The lowest BCUT2D eigenvalue weighted by molar-refractivity contribution is 0.0820. The van der Waals surface area contributed by atoms with Crippen molar-refractivity contribution in [3.8, 4) is 5.75 Å². The molecule has 0 aromatic heterocycles. The quantitative estimate of drug-likeness (QED) is 0.256. The Hall–Kier alpha value is -2.55. The second kappa shape index (κ2) is 8.90.